The Balaban J connectivity index is 2.29. The Morgan fingerprint density at radius 2 is 2.35 bits per heavy atom. The van der Waals surface area contributed by atoms with Crippen LogP contribution in [0.25, 0.3) is 6.08 Å². The van der Waals surface area contributed by atoms with Crippen molar-refractivity contribution in [3.05, 3.63) is 46.7 Å². The second kappa shape index (κ2) is 6.38. The molecule has 20 heavy (non-hydrogen) atoms. The van der Waals surface area contributed by atoms with Crippen LogP contribution in [0.2, 0.25) is 0 Å². The van der Waals surface area contributed by atoms with Gasteiger partial charge >= 0.3 is 5.97 Å². The third kappa shape index (κ3) is 3.71. The maximum atomic E-state index is 10.6. The molecule has 2 aromatic rings. The van der Waals surface area contributed by atoms with Gasteiger partial charge in [0.2, 0.25) is 0 Å². The third-order valence-electron chi connectivity index (χ3n) is 2.54. The Bertz CT molecular complexity index is 650. The number of ether oxygens (including phenoxy) is 1. The first-order chi connectivity index (χ1) is 9.58. The zero-order valence-corrected chi connectivity index (χ0v) is 12.4. The smallest absolute Gasteiger partial charge is 0.328 e. The van der Waals surface area contributed by atoms with E-state index in [4.69, 9.17) is 9.84 Å². The van der Waals surface area contributed by atoms with Crippen LogP contribution in [-0.2, 0) is 11.3 Å². The van der Waals surface area contributed by atoms with E-state index in [1.807, 2.05) is 13.0 Å². The van der Waals surface area contributed by atoms with Crippen LogP contribution < -0.4 is 4.74 Å². The fourth-order valence-corrected chi connectivity index (χ4v) is 1.93. The number of aliphatic carboxylic acids is 1. The molecule has 0 fully saturated rings. The summed E-state index contributed by atoms with van der Waals surface area (Å²) < 4.78 is 8.35. The van der Waals surface area contributed by atoms with Crippen LogP contribution in [0.3, 0.4) is 0 Å². The summed E-state index contributed by atoms with van der Waals surface area (Å²) in [6.45, 7) is 2.74. The molecule has 5 nitrogen and oxygen atoms in total. The molecule has 0 aliphatic rings. The van der Waals surface area contributed by atoms with E-state index in [2.05, 4.69) is 21.0 Å². The van der Waals surface area contributed by atoms with Gasteiger partial charge in [-0.1, -0.05) is 22.0 Å². The van der Waals surface area contributed by atoms with E-state index in [0.717, 1.165) is 17.1 Å². The van der Waals surface area contributed by atoms with E-state index in [1.165, 1.54) is 6.08 Å². The van der Waals surface area contributed by atoms with Crippen molar-refractivity contribution in [3.63, 3.8) is 0 Å². The minimum atomic E-state index is -1.00. The molecular formula is C14H13BrN2O3. The summed E-state index contributed by atoms with van der Waals surface area (Å²) in [5.41, 5.74) is 0.680. The Morgan fingerprint density at radius 3 is 3.00 bits per heavy atom. The van der Waals surface area contributed by atoms with Gasteiger partial charge in [0.05, 0.1) is 12.4 Å². The molecule has 0 atom stereocenters. The van der Waals surface area contributed by atoms with E-state index in [1.54, 1.807) is 29.2 Å². The van der Waals surface area contributed by atoms with E-state index in [9.17, 15) is 4.79 Å². The average molecular weight is 337 g/mol. The highest BCUT2D eigenvalue weighted by Gasteiger charge is 2.06. The zero-order chi connectivity index (χ0) is 14.5. The summed E-state index contributed by atoms with van der Waals surface area (Å²) >= 11 is 3.37. The monoisotopic (exact) mass is 336 g/mol. The summed E-state index contributed by atoms with van der Waals surface area (Å²) in [5, 5.41) is 12.8. The maximum absolute atomic E-state index is 10.6. The molecule has 0 amide bonds. The number of hydrogen-bond donors (Lipinski definition) is 1. The minimum absolute atomic E-state index is 0.563. The van der Waals surface area contributed by atoms with Crippen LogP contribution in [0, 0.1) is 0 Å². The van der Waals surface area contributed by atoms with Crippen molar-refractivity contribution in [1.82, 2.24) is 9.78 Å². The molecule has 2 rings (SSSR count). The lowest BCUT2D eigenvalue weighted by Crippen LogP contribution is -1.92. The molecule has 0 radical (unpaired) electrons. The van der Waals surface area contributed by atoms with E-state index < -0.39 is 5.97 Å². The van der Waals surface area contributed by atoms with Gasteiger partial charge in [0.1, 0.15) is 5.75 Å². The molecule has 0 aliphatic carbocycles. The van der Waals surface area contributed by atoms with Gasteiger partial charge in [-0.05, 0) is 25.1 Å². The lowest BCUT2D eigenvalue weighted by Gasteiger charge is -2.07. The molecule has 0 bridgehead atoms. The molecule has 0 saturated heterocycles. The fraction of sp³-hybridized carbons (Fsp3) is 0.143. The first-order valence-electron chi connectivity index (χ1n) is 5.99. The van der Waals surface area contributed by atoms with Crippen molar-refractivity contribution in [1.29, 1.82) is 0 Å². The van der Waals surface area contributed by atoms with Crippen LogP contribution in [0.4, 0.5) is 0 Å². The number of aryl methyl sites for hydroxylation is 1. The molecule has 0 spiro atoms. The van der Waals surface area contributed by atoms with Gasteiger partial charge in [-0.25, -0.2) is 4.79 Å². The first kappa shape index (κ1) is 14.3. The van der Waals surface area contributed by atoms with Crippen molar-refractivity contribution >= 4 is 28.0 Å². The van der Waals surface area contributed by atoms with E-state index >= 15 is 0 Å². The van der Waals surface area contributed by atoms with E-state index in [0.29, 0.717) is 17.1 Å². The normalized spacial score (nSPS) is 10.9. The largest absolute Gasteiger partial charge is 0.478 e. The van der Waals surface area contributed by atoms with Gasteiger partial charge in [0.15, 0.2) is 5.75 Å². The Morgan fingerprint density at radius 1 is 1.55 bits per heavy atom. The SMILES string of the molecule is CCn1cc(Oc2cc(Br)ccc2/C=C/C(=O)O)cn1. The predicted molar refractivity (Wildman–Crippen MR) is 78.8 cm³/mol. The number of carbonyl (C=O) groups is 1. The Hall–Kier alpha value is -2.08. The molecule has 0 unspecified atom stereocenters. The summed E-state index contributed by atoms with van der Waals surface area (Å²) in [7, 11) is 0. The summed E-state index contributed by atoms with van der Waals surface area (Å²) in [5.74, 6) is 0.167. The van der Waals surface area contributed by atoms with Gasteiger partial charge in [-0.3, -0.25) is 4.68 Å². The highest BCUT2D eigenvalue weighted by atomic mass is 79.9. The number of aromatic nitrogens is 2. The molecule has 1 heterocycles. The van der Waals surface area contributed by atoms with Gasteiger partial charge in [-0.15, -0.1) is 0 Å². The van der Waals surface area contributed by atoms with Gasteiger partial charge in [-0.2, -0.15) is 5.10 Å². The number of nitrogens with zero attached hydrogens (tertiary/aromatic N) is 2. The molecular weight excluding hydrogens is 324 g/mol. The summed E-state index contributed by atoms with van der Waals surface area (Å²) in [4.78, 5) is 10.6. The Labute approximate surface area is 124 Å². The number of carboxylic acid groups (broad SMARTS) is 1. The molecule has 0 aliphatic heterocycles. The number of benzene rings is 1. The first-order valence-corrected chi connectivity index (χ1v) is 6.78. The molecule has 1 N–H and O–H groups in total. The summed E-state index contributed by atoms with van der Waals surface area (Å²) in [6, 6.07) is 5.39. The lowest BCUT2D eigenvalue weighted by atomic mass is 10.2. The van der Waals surface area contributed by atoms with Crippen LogP contribution in [0.5, 0.6) is 11.5 Å². The lowest BCUT2D eigenvalue weighted by molar-refractivity contribution is -0.131. The van der Waals surface area contributed by atoms with Crippen LogP contribution in [-0.4, -0.2) is 20.9 Å². The average Bonchev–Trinajstić information content (AvgIpc) is 2.85. The van der Waals surface area contributed by atoms with Crippen molar-refractivity contribution < 1.29 is 14.6 Å². The molecule has 0 saturated carbocycles. The van der Waals surface area contributed by atoms with Gasteiger partial charge in [0, 0.05) is 22.7 Å². The minimum Gasteiger partial charge on any atom is -0.478 e. The topological polar surface area (TPSA) is 64.3 Å². The number of rotatable bonds is 5. The standard InChI is InChI=1S/C14H13BrN2O3/c1-2-17-9-12(8-16-17)20-13-7-11(15)5-3-10(13)4-6-14(18)19/h3-9H,2H2,1H3,(H,18,19)/b6-4+. The van der Waals surface area contributed by atoms with Crippen molar-refractivity contribution in [2.24, 2.45) is 0 Å². The second-order valence-corrected chi connectivity index (χ2v) is 4.90. The molecule has 1 aromatic heterocycles. The van der Waals surface area contributed by atoms with Crippen LogP contribution >= 0.6 is 15.9 Å². The highest BCUT2D eigenvalue weighted by molar-refractivity contribution is 9.10. The number of carboxylic acids is 1. The van der Waals surface area contributed by atoms with E-state index in [-0.39, 0.29) is 0 Å². The molecule has 1 aromatic carbocycles. The molecule has 6 heteroatoms. The predicted octanol–water partition coefficient (Wildman–Crippen LogP) is 3.56. The van der Waals surface area contributed by atoms with Crippen molar-refractivity contribution in [3.8, 4) is 11.5 Å². The highest BCUT2D eigenvalue weighted by Crippen LogP contribution is 2.29. The maximum Gasteiger partial charge on any atom is 0.328 e. The number of hydrogen-bond acceptors (Lipinski definition) is 3. The zero-order valence-electron chi connectivity index (χ0n) is 10.8. The number of halogens is 1. The third-order valence-corrected chi connectivity index (χ3v) is 3.04. The van der Waals surface area contributed by atoms with Crippen LogP contribution in [0.15, 0.2) is 41.1 Å². The van der Waals surface area contributed by atoms with Crippen molar-refractivity contribution in [2.75, 3.05) is 0 Å². The van der Waals surface area contributed by atoms with Gasteiger partial charge in [0.25, 0.3) is 0 Å². The summed E-state index contributed by atoms with van der Waals surface area (Å²) in [6.07, 6.45) is 5.97. The fourth-order valence-electron chi connectivity index (χ4n) is 1.59. The quantitative estimate of drug-likeness (QED) is 0.848. The van der Waals surface area contributed by atoms with Crippen molar-refractivity contribution in [2.45, 2.75) is 13.5 Å². The van der Waals surface area contributed by atoms with Gasteiger partial charge < -0.3 is 9.84 Å². The van der Waals surface area contributed by atoms with Crippen LogP contribution in [0.1, 0.15) is 12.5 Å². The Kier molecular flexibility index (Phi) is 4.57. The second-order valence-electron chi connectivity index (χ2n) is 3.99. The molecule has 104 valence electrons.